The van der Waals surface area contributed by atoms with Gasteiger partial charge in [-0.2, -0.15) is 4.37 Å². The highest BCUT2D eigenvalue weighted by molar-refractivity contribution is 7.93. The van der Waals surface area contributed by atoms with E-state index in [9.17, 15) is 21.6 Å². The third-order valence-electron chi connectivity index (χ3n) is 6.58. The van der Waals surface area contributed by atoms with Crippen LogP contribution >= 0.6 is 11.5 Å². The van der Waals surface area contributed by atoms with Crippen LogP contribution in [0.1, 0.15) is 42.5 Å². The van der Waals surface area contributed by atoms with Crippen LogP contribution in [0, 0.1) is 11.7 Å². The van der Waals surface area contributed by atoms with Crippen molar-refractivity contribution in [2.24, 2.45) is 5.92 Å². The van der Waals surface area contributed by atoms with Gasteiger partial charge in [0.25, 0.3) is 10.0 Å². The van der Waals surface area contributed by atoms with E-state index in [2.05, 4.69) is 19.0 Å². The monoisotopic (exact) mass is 524 g/mol. The highest BCUT2D eigenvalue weighted by Crippen LogP contribution is 2.46. The van der Waals surface area contributed by atoms with Gasteiger partial charge in [-0.15, -0.1) is 0 Å². The van der Waals surface area contributed by atoms with Crippen molar-refractivity contribution in [3.05, 3.63) is 65.7 Å². The highest BCUT2D eigenvalue weighted by Gasteiger charge is 2.39. The number of sulfonamides is 1. The molecule has 0 bridgehead atoms. The number of aromatic nitrogens is 2. The number of alkyl halides is 2. The summed E-state index contributed by atoms with van der Waals surface area (Å²) in [6.07, 6.45) is 0.0706. The molecule has 0 radical (unpaired) electrons. The molecule has 3 atom stereocenters. The van der Waals surface area contributed by atoms with Crippen molar-refractivity contribution >= 4 is 26.7 Å². The van der Waals surface area contributed by atoms with Crippen LogP contribution < -0.4 is 9.46 Å². The van der Waals surface area contributed by atoms with Crippen LogP contribution in [0.5, 0.6) is 5.75 Å². The van der Waals surface area contributed by atoms with Crippen LogP contribution in [-0.4, -0.2) is 42.3 Å². The van der Waals surface area contributed by atoms with Crippen LogP contribution in [-0.2, 0) is 10.0 Å². The van der Waals surface area contributed by atoms with E-state index >= 15 is 0 Å². The Balaban J connectivity index is 1.45. The summed E-state index contributed by atoms with van der Waals surface area (Å²) < 4.78 is 78.3. The molecule has 7 nitrogen and oxygen atoms in total. The van der Waals surface area contributed by atoms with E-state index in [1.165, 1.54) is 30.6 Å². The predicted octanol–water partition coefficient (Wildman–Crippen LogP) is 5.02. The molecule has 1 unspecified atom stereocenters. The molecular weight excluding hydrogens is 501 g/mol. The van der Waals surface area contributed by atoms with Gasteiger partial charge in [0.2, 0.25) is 11.6 Å². The number of halogens is 3. The van der Waals surface area contributed by atoms with Gasteiger partial charge in [-0.1, -0.05) is 18.2 Å². The standard InChI is InChI=1S/C23H23F3N4O3S2/c24-16-3-1-14(2-4-16)20-11-15(22(25)26)7-9-30(20)19-8-10-33-21-12-17(5-6-18(19)21)35(31,32)29-23-27-13-28-34-23/h1-6,12-13,15,19-20,22H,7-11H2,(H,27,28,29)/t15?,19-,20-/m1/s1. The third kappa shape index (κ3) is 5.00. The van der Waals surface area contributed by atoms with Gasteiger partial charge in [0.05, 0.1) is 11.5 Å². The number of anilines is 1. The van der Waals surface area contributed by atoms with E-state index in [1.54, 1.807) is 18.2 Å². The lowest BCUT2D eigenvalue weighted by molar-refractivity contribution is -0.0134. The average molecular weight is 525 g/mol. The second kappa shape index (κ2) is 9.75. The van der Waals surface area contributed by atoms with Crippen LogP contribution in [0.25, 0.3) is 0 Å². The Morgan fingerprint density at radius 1 is 1.11 bits per heavy atom. The molecule has 2 aromatic carbocycles. The van der Waals surface area contributed by atoms with Gasteiger partial charge in [0.1, 0.15) is 17.9 Å². The summed E-state index contributed by atoms with van der Waals surface area (Å²) in [5.74, 6) is -0.677. The topological polar surface area (TPSA) is 84.4 Å². The normalized spacial score (nSPS) is 23.0. The number of ether oxygens (including phenoxy) is 1. The van der Waals surface area contributed by atoms with Crippen LogP contribution in [0.3, 0.4) is 0 Å². The van der Waals surface area contributed by atoms with E-state index in [4.69, 9.17) is 4.74 Å². The number of nitrogens with zero attached hydrogens (tertiary/aromatic N) is 3. The van der Waals surface area contributed by atoms with E-state index < -0.39 is 22.4 Å². The van der Waals surface area contributed by atoms with Gasteiger partial charge in [0, 0.05) is 47.6 Å². The summed E-state index contributed by atoms with van der Waals surface area (Å²) in [6, 6.07) is 10.2. The lowest BCUT2D eigenvalue weighted by atomic mass is 9.84. The molecule has 186 valence electrons. The number of benzene rings is 2. The maximum atomic E-state index is 13.6. The lowest BCUT2D eigenvalue weighted by Gasteiger charge is -2.45. The predicted molar refractivity (Wildman–Crippen MR) is 125 cm³/mol. The summed E-state index contributed by atoms with van der Waals surface area (Å²) in [6.45, 7) is 0.801. The zero-order valence-electron chi connectivity index (χ0n) is 18.5. The van der Waals surface area contributed by atoms with E-state index in [0.29, 0.717) is 31.7 Å². The van der Waals surface area contributed by atoms with Crippen molar-refractivity contribution in [2.75, 3.05) is 17.9 Å². The second-order valence-electron chi connectivity index (χ2n) is 8.63. The summed E-state index contributed by atoms with van der Waals surface area (Å²) in [5.41, 5.74) is 1.58. The molecule has 2 aliphatic rings. The number of rotatable bonds is 6. The smallest absolute Gasteiger partial charge is 0.263 e. The van der Waals surface area contributed by atoms with Gasteiger partial charge in [-0.05, 0) is 43.1 Å². The minimum atomic E-state index is -3.89. The molecule has 12 heteroatoms. The van der Waals surface area contributed by atoms with E-state index in [1.807, 2.05) is 0 Å². The summed E-state index contributed by atoms with van der Waals surface area (Å²) >= 11 is 0.927. The zero-order chi connectivity index (χ0) is 24.6. The molecule has 0 spiro atoms. The number of hydrogen-bond donors (Lipinski definition) is 1. The first kappa shape index (κ1) is 24.0. The SMILES string of the molecule is O=S(=O)(Nc1ncns1)c1ccc2c(c1)OCC[C@H]2N1CCC(C(F)F)C[C@@H]1c1ccc(F)cc1. The van der Waals surface area contributed by atoms with Crippen LogP contribution in [0.15, 0.2) is 53.7 Å². The fraction of sp³-hybridized carbons (Fsp3) is 0.391. The fourth-order valence-corrected chi connectivity index (χ4v) is 6.56. The quantitative estimate of drug-likeness (QED) is 0.488. The Morgan fingerprint density at radius 2 is 1.91 bits per heavy atom. The molecule has 1 saturated heterocycles. The minimum Gasteiger partial charge on any atom is -0.493 e. The molecule has 0 saturated carbocycles. The Morgan fingerprint density at radius 3 is 2.63 bits per heavy atom. The molecule has 3 heterocycles. The third-order valence-corrected chi connectivity index (χ3v) is 8.63. The summed E-state index contributed by atoms with van der Waals surface area (Å²) in [5, 5.41) is 0.158. The number of fused-ring (bicyclic) bond motifs is 1. The largest absolute Gasteiger partial charge is 0.493 e. The van der Waals surface area contributed by atoms with Crippen LogP contribution in [0.2, 0.25) is 0 Å². The van der Waals surface area contributed by atoms with Gasteiger partial charge >= 0.3 is 0 Å². The number of hydrogen-bond acceptors (Lipinski definition) is 7. The van der Waals surface area contributed by atoms with Crippen molar-refractivity contribution in [1.29, 1.82) is 0 Å². The van der Waals surface area contributed by atoms with Crippen molar-refractivity contribution in [3.8, 4) is 5.75 Å². The second-order valence-corrected chi connectivity index (χ2v) is 11.1. The molecule has 35 heavy (non-hydrogen) atoms. The molecule has 5 rings (SSSR count). The number of piperidine rings is 1. The molecule has 0 amide bonds. The van der Waals surface area contributed by atoms with Crippen LogP contribution in [0.4, 0.5) is 18.3 Å². The number of nitrogens with one attached hydrogen (secondary N) is 1. The average Bonchev–Trinajstić information content (AvgIpc) is 3.36. The maximum absolute atomic E-state index is 13.6. The van der Waals surface area contributed by atoms with Crippen molar-refractivity contribution in [1.82, 2.24) is 14.3 Å². The molecule has 1 fully saturated rings. The minimum absolute atomic E-state index is 0.0265. The van der Waals surface area contributed by atoms with Gasteiger partial charge in [-0.3, -0.25) is 9.62 Å². The molecule has 1 N–H and O–H groups in total. The Bertz CT molecular complexity index is 1270. The maximum Gasteiger partial charge on any atom is 0.263 e. The Hall–Kier alpha value is -2.70. The lowest BCUT2D eigenvalue weighted by Crippen LogP contribution is -2.42. The summed E-state index contributed by atoms with van der Waals surface area (Å²) in [4.78, 5) is 6.05. The molecular formula is C23H23F3N4O3S2. The van der Waals surface area contributed by atoms with Crippen molar-refractivity contribution in [3.63, 3.8) is 0 Å². The summed E-state index contributed by atoms with van der Waals surface area (Å²) in [7, 11) is -3.89. The van der Waals surface area contributed by atoms with E-state index in [0.717, 1.165) is 22.7 Å². The Labute approximate surface area is 205 Å². The van der Waals surface area contributed by atoms with Gasteiger partial charge in [-0.25, -0.2) is 26.6 Å². The first-order chi connectivity index (χ1) is 16.8. The molecule has 1 aromatic heterocycles. The van der Waals surface area contributed by atoms with E-state index in [-0.39, 0.29) is 34.3 Å². The first-order valence-corrected chi connectivity index (χ1v) is 13.4. The number of likely N-dealkylation sites (tertiary alicyclic amines) is 1. The first-order valence-electron chi connectivity index (χ1n) is 11.2. The fourth-order valence-electron chi connectivity index (χ4n) is 4.88. The molecule has 0 aliphatic carbocycles. The Kier molecular flexibility index (Phi) is 6.69. The molecule has 2 aliphatic heterocycles. The van der Waals surface area contributed by atoms with Crippen molar-refractivity contribution < 1.29 is 26.3 Å². The highest BCUT2D eigenvalue weighted by atomic mass is 32.2. The zero-order valence-corrected chi connectivity index (χ0v) is 20.1. The van der Waals surface area contributed by atoms with Gasteiger partial charge in [0.15, 0.2) is 0 Å². The molecule has 3 aromatic rings. The van der Waals surface area contributed by atoms with Gasteiger partial charge < -0.3 is 4.74 Å². The van der Waals surface area contributed by atoms with Crippen molar-refractivity contribution in [2.45, 2.75) is 42.7 Å².